The molecule has 0 amide bonds. The molecule has 2 rings (SSSR count). The van der Waals surface area contributed by atoms with Gasteiger partial charge in [0.05, 0.1) is 13.2 Å². The van der Waals surface area contributed by atoms with Crippen molar-refractivity contribution < 1.29 is 14.3 Å². The summed E-state index contributed by atoms with van der Waals surface area (Å²) in [7, 11) is 0. The Hall–Kier alpha value is -1.51. The van der Waals surface area contributed by atoms with Crippen LogP contribution in [-0.2, 0) is 0 Å². The van der Waals surface area contributed by atoms with Crippen molar-refractivity contribution >= 4 is 5.78 Å². The number of Topliss-reactive ketones (excluding diaryl/α,β-unsaturated/α-hetero) is 1. The van der Waals surface area contributed by atoms with Gasteiger partial charge in [-0.05, 0) is 44.9 Å². The van der Waals surface area contributed by atoms with E-state index in [1.54, 1.807) is 0 Å². The van der Waals surface area contributed by atoms with Crippen molar-refractivity contribution in [3.63, 3.8) is 0 Å². The van der Waals surface area contributed by atoms with E-state index in [2.05, 4.69) is 0 Å². The zero-order chi connectivity index (χ0) is 13.0. The summed E-state index contributed by atoms with van der Waals surface area (Å²) in [4.78, 5) is 12.2. The van der Waals surface area contributed by atoms with Gasteiger partial charge in [-0.15, -0.1) is 0 Å². The molecule has 0 atom stereocenters. The fourth-order valence-electron chi connectivity index (χ4n) is 2.11. The van der Waals surface area contributed by atoms with E-state index in [0.29, 0.717) is 24.7 Å². The van der Waals surface area contributed by atoms with Crippen LogP contribution in [0.25, 0.3) is 0 Å². The molecule has 3 nitrogen and oxygen atoms in total. The lowest BCUT2D eigenvalue weighted by Crippen LogP contribution is -2.22. The fourth-order valence-corrected chi connectivity index (χ4v) is 2.11. The Morgan fingerprint density at radius 3 is 2.39 bits per heavy atom. The number of hydrogen-bond donors (Lipinski definition) is 0. The van der Waals surface area contributed by atoms with Gasteiger partial charge < -0.3 is 9.47 Å². The van der Waals surface area contributed by atoms with Gasteiger partial charge in [0.1, 0.15) is 0 Å². The summed E-state index contributed by atoms with van der Waals surface area (Å²) in [6, 6.07) is 5.49. The molecule has 1 fully saturated rings. The van der Waals surface area contributed by atoms with Crippen molar-refractivity contribution in [2.24, 2.45) is 5.92 Å². The average Bonchev–Trinajstić information content (AvgIpc) is 2.29. The van der Waals surface area contributed by atoms with Crippen LogP contribution in [0.15, 0.2) is 18.2 Å². The van der Waals surface area contributed by atoms with Crippen LogP contribution in [0.3, 0.4) is 0 Å². The third-order valence-corrected chi connectivity index (χ3v) is 3.30. The highest BCUT2D eigenvalue weighted by Crippen LogP contribution is 2.33. The van der Waals surface area contributed by atoms with E-state index in [-0.39, 0.29) is 11.7 Å². The lowest BCUT2D eigenvalue weighted by atomic mass is 9.80. The van der Waals surface area contributed by atoms with Crippen LogP contribution in [0.1, 0.15) is 43.5 Å². The number of benzene rings is 1. The van der Waals surface area contributed by atoms with Gasteiger partial charge >= 0.3 is 0 Å². The standard InChI is InChI=1S/C15H20O3/c1-3-17-13-9-8-12(10-14(13)18-4-2)15(16)11-6-5-7-11/h8-11H,3-7H2,1-2H3. The lowest BCUT2D eigenvalue weighted by Gasteiger charge is -2.24. The summed E-state index contributed by atoms with van der Waals surface area (Å²) < 4.78 is 11.0. The third-order valence-electron chi connectivity index (χ3n) is 3.30. The van der Waals surface area contributed by atoms with Crippen molar-refractivity contribution in [1.29, 1.82) is 0 Å². The monoisotopic (exact) mass is 248 g/mol. The summed E-state index contributed by atoms with van der Waals surface area (Å²) in [5, 5.41) is 0. The maximum absolute atomic E-state index is 12.2. The molecule has 1 aliphatic carbocycles. The van der Waals surface area contributed by atoms with Crippen LogP contribution in [0.4, 0.5) is 0 Å². The van der Waals surface area contributed by atoms with Gasteiger partial charge in [0.15, 0.2) is 17.3 Å². The fraction of sp³-hybridized carbons (Fsp3) is 0.533. The smallest absolute Gasteiger partial charge is 0.166 e. The first-order valence-corrected chi connectivity index (χ1v) is 6.70. The Kier molecular flexibility index (Phi) is 4.24. The molecule has 1 aromatic carbocycles. The first-order valence-electron chi connectivity index (χ1n) is 6.70. The van der Waals surface area contributed by atoms with E-state index >= 15 is 0 Å². The highest BCUT2D eigenvalue weighted by molar-refractivity contribution is 5.98. The predicted molar refractivity (Wildman–Crippen MR) is 70.5 cm³/mol. The summed E-state index contributed by atoms with van der Waals surface area (Å²) in [5.41, 5.74) is 0.742. The molecule has 1 aromatic rings. The molecule has 0 unspecified atom stereocenters. The molecule has 18 heavy (non-hydrogen) atoms. The van der Waals surface area contributed by atoms with Crippen LogP contribution in [0.5, 0.6) is 11.5 Å². The van der Waals surface area contributed by atoms with Gasteiger partial charge in [-0.1, -0.05) is 6.42 Å². The molecule has 0 heterocycles. The second kappa shape index (κ2) is 5.89. The third kappa shape index (κ3) is 2.66. The SMILES string of the molecule is CCOc1ccc(C(=O)C2CCC2)cc1OCC. The first kappa shape index (κ1) is 12.9. The highest BCUT2D eigenvalue weighted by Gasteiger charge is 2.26. The molecule has 1 aliphatic rings. The van der Waals surface area contributed by atoms with Crippen molar-refractivity contribution in [2.75, 3.05) is 13.2 Å². The molecule has 3 heteroatoms. The first-order chi connectivity index (χ1) is 8.76. The van der Waals surface area contributed by atoms with Gasteiger partial charge in [-0.2, -0.15) is 0 Å². The van der Waals surface area contributed by atoms with E-state index in [1.165, 1.54) is 6.42 Å². The average molecular weight is 248 g/mol. The summed E-state index contributed by atoms with van der Waals surface area (Å²) in [6.45, 7) is 5.02. The van der Waals surface area contributed by atoms with Crippen molar-refractivity contribution in [2.45, 2.75) is 33.1 Å². The predicted octanol–water partition coefficient (Wildman–Crippen LogP) is 3.47. The number of ketones is 1. The maximum Gasteiger partial charge on any atom is 0.166 e. The van der Waals surface area contributed by atoms with E-state index in [9.17, 15) is 4.79 Å². The normalized spacial score (nSPS) is 15.0. The summed E-state index contributed by atoms with van der Waals surface area (Å²) in [6.07, 6.45) is 3.22. The van der Waals surface area contributed by atoms with E-state index in [1.807, 2.05) is 32.0 Å². The quantitative estimate of drug-likeness (QED) is 0.723. The molecule has 0 radical (unpaired) electrons. The minimum atomic E-state index is 0.220. The molecule has 0 aromatic heterocycles. The number of ether oxygens (including phenoxy) is 2. The molecular formula is C15H20O3. The molecule has 0 aliphatic heterocycles. The largest absolute Gasteiger partial charge is 0.490 e. The van der Waals surface area contributed by atoms with Crippen LogP contribution in [0.2, 0.25) is 0 Å². The van der Waals surface area contributed by atoms with Crippen LogP contribution in [0, 0.1) is 5.92 Å². The number of carbonyl (C=O) groups is 1. The summed E-state index contributed by atoms with van der Waals surface area (Å²) >= 11 is 0. The number of rotatable bonds is 6. The molecule has 0 N–H and O–H groups in total. The van der Waals surface area contributed by atoms with Crippen molar-refractivity contribution in [1.82, 2.24) is 0 Å². The van der Waals surface area contributed by atoms with Crippen molar-refractivity contribution in [3.05, 3.63) is 23.8 Å². The highest BCUT2D eigenvalue weighted by atomic mass is 16.5. The van der Waals surface area contributed by atoms with E-state index in [0.717, 1.165) is 18.4 Å². The minimum absolute atomic E-state index is 0.220. The molecule has 98 valence electrons. The van der Waals surface area contributed by atoms with Crippen molar-refractivity contribution in [3.8, 4) is 11.5 Å². The van der Waals surface area contributed by atoms with Crippen LogP contribution >= 0.6 is 0 Å². The van der Waals surface area contributed by atoms with Gasteiger partial charge in [-0.25, -0.2) is 0 Å². The van der Waals surface area contributed by atoms with Gasteiger partial charge in [-0.3, -0.25) is 4.79 Å². The summed E-state index contributed by atoms with van der Waals surface area (Å²) in [5.74, 6) is 1.84. The molecule has 0 saturated heterocycles. The maximum atomic E-state index is 12.2. The zero-order valence-electron chi connectivity index (χ0n) is 11.1. The van der Waals surface area contributed by atoms with Crippen LogP contribution < -0.4 is 9.47 Å². The Morgan fingerprint density at radius 1 is 1.17 bits per heavy atom. The zero-order valence-corrected chi connectivity index (χ0v) is 11.1. The second-order valence-corrected chi connectivity index (χ2v) is 4.52. The topological polar surface area (TPSA) is 35.5 Å². The molecule has 0 bridgehead atoms. The Bertz CT molecular complexity index is 422. The minimum Gasteiger partial charge on any atom is -0.490 e. The number of hydrogen-bond acceptors (Lipinski definition) is 3. The van der Waals surface area contributed by atoms with Gasteiger partial charge in [0.25, 0.3) is 0 Å². The Morgan fingerprint density at radius 2 is 1.83 bits per heavy atom. The second-order valence-electron chi connectivity index (χ2n) is 4.52. The van der Waals surface area contributed by atoms with Gasteiger partial charge in [0, 0.05) is 11.5 Å². The van der Waals surface area contributed by atoms with E-state index < -0.39 is 0 Å². The van der Waals surface area contributed by atoms with E-state index in [4.69, 9.17) is 9.47 Å². The van der Waals surface area contributed by atoms with Gasteiger partial charge in [0.2, 0.25) is 0 Å². The molecule has 1 saturated carbocycles. The lowest BCUT2D eigenvalue weighted by molar-refractivity contribution is 0.0854. The Labute approximate surface area is 108 Å². The molecular weight excluding hydrogens is 228 g/mol. The number of carbonyl (C=O) groups excluding carboxylic acids is 1. The van der Waals surface area contributed by atoms with Crippen LogP contribution in [-0.4, -0.2) is 19.0 Å². The Balaban J connectivity index is 2.21. The molecule has 0 spiro atoms.